The summed E-state index contributed by atoms with van der Waals surface area (Å²) in [7, 11) is 3.77. The van der Waals surface area contributed by atoms with Crippen LogP contribution in [0.25, 0.3) is 0 Å². The molecule has 2 aliphatic heterocycles. The van der Waals surface area contributed by atoms with Crippen molar-refractivity contribution in [2.45, 2.75) is 62.1 Å². The number of carbonyl (C=O) groups excluding carboxylic acids is 3. The molecule has 1 unspecified atom stereocenters. The summed E-state index contributed by atoms with van der Waals surface area (Å²) >= 11 is 0. The first-order chi connectivity index (χ1) is 18.6. The number of hydrogen-bond acceptors (Lipinski definition) is 8. The van der Waals surface area contributed by atoms with Crippen molar-refractivity contribution in [3.63, 3.8) is 0 Å². The maximum Gasteiger partial charge on any atom is 0.415 e. The number of nitrogens with one attached hydrogen (secondary N) is 1. The maximum absolute atomic E-state index is 13.1. The highest BCUT2D eigenvalue weighted by molar-refractivity contribution is 5.89. The molecule has 12 nitrogen and oxygen atoms in total. The van der Waals surface area contributed by atoms with E-state index in [0.717, 1.165) is 31.4 Å². The molecule has 5 rings (SSSR count). The van der Waals surface area contributed by atoms with Gasteiger partial charge in [0.25, 0.3) is 0 Å². The van der Waals surface area contributed by atoms with E-state index >= 15 is 0 Å². The van der Waals surface area contributed by atoms with Crippen LogP contribution in [0.2, 0.25) is 0 Å². The first kappa shape index (κ1) is 27.2. The van der Waals surface area contributed by atoms with Crippen LogP contribution in [0, 0.1) is 5.92 Å². The molecule has 12 heteroatoms. The molecule has 4 aliphatic rings. The number of hydrogen-bond donors (Lipinski definition) is 4. The molecule has 2 heterocycles. The summed E-state index contributed by atoms with van der Waals surface area (Å²) in [6.45, 7) is 1.76. The molecule has 0 aromatic heterocycles. The van der Waals surface area contributed by atoms with Crippen LogP contribution < -0.4 is 32.0 Å². The fourth-order valence-corrected chi connectivity index (χ4v) is 6.98. The Morgan fingerprint density at radius 1 is 1.36 bits per heavy atom. The van der Waals surface area contributed by atoms with Gasteiger partial charge in [0, 0.05) is 50.1 Å². The largest absolute Gasteiger partial charge is 0.477 e. The number of amides is 2. The lowest BCUT2D eigenvalue weighted by Gasteiger charge is -2.57. The van der Waals surface area contributed by atoms with Gasteiger partial charge in [-0.3, -0.25) is 14.6 Å². The summed E-state index contributed by atoms with van der Waals surface area (Å²) in [5.74, 6) is 1.06. The molecule has 2 amide bonds. The van der Waals surface area contributed by atoms with E-state index in [9.17, 15) is 14.4 Å². The van der Waals surface area contributed by atoms with Crippen LogP contribution in [-0.2, 0) is 21.4 Å². The third-order valence-corrected chi connectivity index (χ3v) is 8.93. The van der Waals surface area contributed by atoms with E-state index < -0.39 is 18.2 Å². The van der Waals surface area contributed by atoms with Gasteiger partial charge in [0.05, 0.1) is 6.04 Å². The molecule has 212 valence electrons. The number of likely N-dealkylation sites (N-methyl/N-ethyl adjacent to an activating group) is 2. The molecule has 7 N–H and O–H groups in total. The second-order valence-electron chi connectivity index (χ2n) is 11.2. The molecule has 1 aromatic rings. The van der Waals surface area contributed by atoms with Crippen LogP contribution in [0.4, 0.5) is 4.79 Å². The Kier molecular flexibility index (Phi) is 7.43. The van der Waals surface area contributed by atoms with E-state index in [1.54, 1.807) is 13.1 Å². The average Bonchev–Trinajstić information content (AvgIpc) is 3.26. The number of guanidine groups is 1. The summed E-state index contributed by atoms with van der Waals surface area (Å²) in [5, 5.41) is 2.74. The summed E-state index contributed by atoms with van der Waals surface area (Å²) < 4.78 is 12.2. The number of nitrogens with two attached hydrogens (primary N) is 3. The SMILES string of the molecule is CN(CCNC(=O)[C@@H](N)CCCN=C(N)N)C(=O)Oc1ccc2c3c1O[C@H]1C(=O)CCC4[C@@H](C2)N(C)CC[C@@]341. The number of nitrogens with zero attached hydrogens (tertiary/aromatic N) is 3. The Bertz CT molecular complexity index is 1190. The first-order valence-corrected chi connectivity index (χ1v) is 13.7. The van der Waals surface area contributed by atoms with Crippen LogP contribution in [0.5, 0.6) is 11.5 Å². The Morgan fingerprint density at radius 3 is 2.92 bits per heavy atom. The number of carbonyl (C=O) groups is 3. The number of Topliss-reactive ketones (excluding diaryl/α,β-unsaturated/α-hetero) is 1. The number of rotatable bonds is 9. The van der Waals surface area contributed by atoms with Crippen molar-refractivity contribution in [3.8, 4) is 11.5 Å². The van der Waals surface area contributed by atoms with Gasteiger partial charge in [0.15, 0.2) is 29.3 Å². The molecule has 1 saturated heterocycles. The highest BCUT2D eigenvalue weighted by Crippen LogP contribution is 2.63. The Labute approximate surface area is 228 Å². The molecule has 5 atom stereocenters. The molecule has 1 spiro atoms. The van der Waals surface area contributed by atoms with Gasteiger partial charge >= 0.3 is 6.09 Å². The normalized spacial score (nSPS) is 27.2. The quantitative estimate of drug-likeness (QED) is 0.188. The zero-order valence-electron chi connectivity index (χ0n) is 22.7. The molecular formula is C27H39N7O5. The zero-order chi connectivity index (χ0) is 27.9. The van der Waals surface area contributed by atoms with Gasteiger partial charge in [-0.05, 0) is 63.2 Å². The van der Waals surface area contributed by atoms with E-state index in [1.165, 1.54) is 10.5 Å². The Morgan fingerprint density at radius 2 is 2.15 bits per heavy atom. The van der Waals surface area contributed by atoms with Crippen molar-refractivity contribution in [1.29, 1.82) is 0 Å². The number of aliphatic imine (C=N–C) groups is 1. The number of likely N-dealkylation sites (tertiary alicyclic amines) is 1. The Hall–Kier alpha value is -3.38. The molecule has 1 saturated carbocycles. The van der Waals surface area contributed by atoms with Crippen LogP contribution in [0.15, 0.2) is 17.1 Å². The Balaban J connectivity index is 1.21. The number of benzene rings is 1. The lowest BCUT2D eigenvalue weighted by molar-refractivity contribution is -0.138. The van der Waals surface area contributed by atoms with E-state index in [-0.39, 0.29) is 36.2 Å². The van der Waals surface area contributed by atoms with Gasteiger partial charge in [0.1, 0.15) is 0 Å². The van der Waals surface area contributed by atoms with Crippen molar-refractivity contribution < 1.29 is 23.9 Å². The minimum atomic E-state index is -0.693. The second-order valence-corrected chi connectivity index (χ2v) is 11.2. The van der Waals surface area contributed by atoms with Crippen LogP contribution in [0.1, 0.15) is 43.2 Å². The van der Waals surface area contributed by atoms with Gasteiger partial charge in [-0.15, -0.1) is 0 Å². The van der Waals surface area contributed by atoms with E-state index in [2.05, 4.69) is 22.3 Å². The summed E-state index contributed by atoms with van der Waals surface area (Å²) in [5.41, 5.74) is 18.4. The second kappa shape index (κ2) is 10.6. The lowest BCUT2D eigenvalue weighted by atomic mass is 9.52. The predicted molar refractivity (Wildman–Crippen MR) is 145 cm³/mol. The van der Waals surface area contributed by atoms with Gasteiger partial charge in [0.2, 0.25) is 5.91 Å². The smallest absolute Gasteiger partial charge is 0.415 e. The van der Waals surface area contributed by atoms with E-state index in [4.69, 9.17) is 26.7 Å². The summed E-state index contributed by atoms with van der Waals surface area (Å²) in [6.07, 6.45) is 3.07. The minimum Gasteiger partial charge on any atom is -0.477 e. The summed E-state index contributed by atoms with van der Waals surface area (Å²) in [6, 6.07) is 3.49. The van der Waals surface area contributed by atoms with Crippen LogP contribution >= 0.6 is 0 Å². The molecular weight excluding hydrogens is 502 g/mol. The van der Waals surface area contributed by atoms with Crippen molar-refractivity contribution in [2.75, 3.05) is 40.3 Å². The molecule has 2 bridgehead atoms. The molecule has 2 aliphatic carbocycles. The molecule has 39 heavy (non-hydrogen) atoms. The van der Waals surface area contributed by atoms with Gasteiger partial charge in [-0.25, -0.2) is 4.79 Å². The van der Waals surface area contributed by atoms with Gasteiger partial charge in [-0.2, -0.15) is 0 Å². The van der Waals surface area contributed by atoms with Gasteiger partial charge < -0.3 is 41.8 Å². The highest BCUT2D eigenvalue weighted by atomic mass is 16.6. The number of ether oxygens (including phenoxy) is 2. The standard InChI is InChI=1S/C27H39N7O5/c1-33-12-9-27-16-6-7-19(35)23(27)39-22-20(8-5-15(21(22)27)14-18(16)33)38-26(37)34(2)13-11-31-24(36)17(28)4-3-10-32-25(29)30/h5,8,16-18,23H,3-4,6-7,9-14,28H2,1-2H3,(H,31,36)(H4,29,30,32)/t16?,17-,18+,23-,27-/m0/s1. The topological polar surface area (TPSA) is 179 Å². The van der Waals surface area contributed by atoms with E-state index in [0.29, 0.717) is 49.3 Å². The maximum atomic E-state index is 13.1. The minimum absolute atomic E-state index is 0.00446. The third-order valence-electron chi connectivity index (χ3n) is 8.93. The van der Waals surface area contributed by atoms with Crippen molar-refractivity contribution in [1.82, 2.24) is 15.1 Å². The first-order valence-electron chi connectivity index (χ1n) is 13.7. The number of piperidine rings is 1. The van der Waals surface area contributed by atoms with Gasteiger partial charge in [-0.1, -0.05) is 6.07 Å². The molecule has 2 fully saturated rings. The third kappa shape index (κ3) is 4.80. The van der Waals surface area contributed by atoms with Crippen LogP contribution in [0.3, 0.4) is 0 Å². The average molecular weight is 542 g/mol. The fraction of sp³-hybridized carbons (Fsp3) is 0.630. The van der Waals surface area contributed by atoms with E-state index in [1.807, 2.05) is 6.07 Å². The molecule has 0 radical (unpaired) electrons. The monoisotopic (exact) mass is 541 g/mol. The molecule has 1 aromatic carbocycles. The predicted octanol–water partition coefficient (Wildman–Crippen LogP) is -0.148. The zero-order valence-corrected chi connectivity index (χ0v) is 22.7. The van der Waals surface area contributed by atoms with Crippen molar-refractivity contribution in [2.24, 2.45) is 28.1 Å². The lowest BCUT2D eigenvalue weighted by Crippen LogP contribution is -2.65. The highest BCUT2D eigenvalue weighted by Gasteiger charge is 2.65. The summed E-state index contributed by atoms with van der Waals surface area (Å²) in [4.78, 5) is 45.9. The van der Waals surface area contributed by atoms with Crippen molar-refractivity contribution in [3.05, 3.63) is 23.3 Å². The number of ketones is 1. The van der Waals surface area contributed by atoms with Crippen LogP contribution in [-0.4, -0.2) is 92.0 Å². The van der Waals surface area contributed by atoms with Crippen molar-refractivity contribution >= 4 is 23.7 Å². The fourth-order valence-electron chi connectivity index (χ4n) is 6.98.